The highest BCUT2D eigenvalue weighted by Gasteiger charge is 2.36. The van der Waals surface area contributed by atoms with Crippen LogP contribution >= 0.6 is 22.6 Å². The number of alkyl halides is 1. The summed E-state index contributed by atoms with van der Waals surface area (Å²) in [5.74, 6) is 0.752. The SMILES string of the molecule is I[C@H]1CC1c1ccccn1. The molecular weight excluding hydrogens is 237 g/mol. The Kier molecular flexibility index (Phi) is 1.64. The summed E-state index contributed by atoms with van der Waals surface area (Å²) in [7, 11) is 0. The molecule has 0 bridgehead atoms. The van der Waals surface area contributed by atoms with Crippen molar-refractivity contribution in [1.29, 1.82) is 0 Å². The van der Waals surface area contributed by atoms with Gasteiger partial charge in [-0.2, -0.15) is 0 Å². The molecule has 0 saturated heterocycles. The molecule has 1 aliphatic carbocycles. The molecule has 1 fully saturated rings. The van der Waals surface area contributed by atoms with Crippen LogP contribution in [0.2, 0.25) is 0 Å². The lowest BCUT2D eigenvalue weighted by molar-refractivity contribution is 1.03. The number of halogens is 1. The summed E-state index contributed by atoms with van der Waals surface area (Å²) in [6.07, 6.45) is 3.19. The number of aromatic nitrogens is 1. The van der Waals surface area contributed by atoms with E-state index in [1.807, 2.05) is 12.3 Å². The van der Waals surface area contributed by atoms with Gasteiger partial charge in [-0.25, -0.2) is 0 Å². The van der Waals surface area contributed by atoms with Crippen molar-refractivity contribution < 1.29 is 0 Å². The molecule has 0 aliphatic heterocycles. The molecule has 0 amide bonds. The van der Waals surface area contributed by atoms with Gasteiger partial charge in [-0.1, -0.05) is 28.7 Å². The van der Waals surface area contributed by atoms with Crippen molar-refractivity contribution in [2.75, 3.05) is 0 Å². The molecule has 1 unspecified atom stereocenters. The number of rotatable bonds is 1. The van der Waals surface area contributed by atoms with E-state index in [9.17, 15) is 0 Å². The van der Waals surface area contributed by atoms with Crippen LogP contribution in [0.4, 0.5) is 0 Å². The third-order valence-corrected chi connectivity index (χ3v) is 3.16. The fourth-order valence-corrected chi connectivity index (χ4v) is 1.98. The van der Waals surface area contributed by atoms with Gasteiger partial charge >= 0.3 is 0 Å². The Balaban J connectivity index is 2.20. The van der Waals surface area contributed by atoms with Gasteiger partial charge in [0.25, 0.3) is 0 Å². The van der Waals surface area contributed by atoms with Gasteiger partial charge in [-0.3, -0.25) is 4.98 Å². The van der Waals surface area contributed by atoms with Gasteiger partial charge in [0, 0.05) is 21.7 Å². The maximum Gasteiger partial charge on any atom is 0.0445 e. The van der Waals surface area contributed by atoms with Gasteiger partial charge in [0.1, 0.15) is 0 Å². The lowest BCUT2D eigenvalue weighted by Gasteiger charge is -1.92. The topological polar surface area (TPSA) is 12.9 Å². The van der Waals surface area contributed by atoms with E-state index in [2.05, 4.69) is 39.7 Å². The molecule has 0 radical (unpaired) electrons. The Morgan fingerprint density at radius 1 is 1.50 bits per heavy atom. The molecule has 0 spiro atoms. The second-order valence-corrected chi connectivity index (χ2v) is 4.21. The minimum Gasteiger partial charge on any atom is -0.261 e. The van der Waals surface area contributed by atoms with Crippen molar-refractivity contribution in [3.63, 3.8) is 0 Å². The summed E-state index contributed by atoms with van der Waals surface area (Å²) in [5, 5.41) is 0. The van der Waals surface area contributed by atoms with Crippen molar-refractivity contribution >= 4 is 22.6 Å². The highest BCUT2D eigenvalue weighted by atomic mass is 127. The summed E-state index contributed by atoms with van der Waals surface area (Å²) < 4.78 is 0.840. The van der Waals surface area contributed by atoms with Crippen molar-refractivity contribution in [3.8, 4) is 0 Å². The standard InChI is InChI=1S/C8H8IN/c9-7-5-6(7)8-3-1-2-4-10-8/h1-4,6-7H,5H2/t6?,7-/m0/s1. The predicted octanol–water partition coefficient (Wildman–Crippen LogP) is 2.37. The summed E-state index contributed by atoms with van der Waals surface area (Å²) in [4.78, 5) is 4.29. The molecular formula is C8H8IN. The largest absolute Gasteiger partial charge is 0.261 e. The average molecular weight is 245 g/mol. The molecule has 52 valence electrons. The van der Waals surface area contributed by atoms with E-state index in [1.54, 1.807) is 0 Å². The number of pyridine rings is 1. The Hall–Kier alpha value is -0.120. The second-order valence-electron chi connectivity index (χ2n) is 2.61. The molecule has 2 rings (SSSR count). The number of hydrogen-bond acceptors (Lipinski definition) is 1. The van der Waals surface area contributed by atoms with Crippen LogP contribution in [0.1, 0.15) is 18.0 Å². The molecule has 10 heavy (non-hydrogen) atoms. The summed E-state index contributed by atoms with van der Waals surface area (Å²) in [6.45, 7) is 0. The van der Waals surface area contributed by atoms with Gasteiger partial charge in [-0.05, 0) is 18.6 Å². The van der Waals surface area contributed by atoms with Crippen molar-refractivity contribution in [1.82, 2.24) is 4.98 Å². The van der Waals surface area contributed by atoms with E-state index in [1.165, 1.54) is 12.1 Å². The Labute approximate surface area is 74.0 Å². The predicted molar refractivity (Wildman–Crippen MR) is 49.4 cm³/mol. The number of hydrogen-bond donors (Lipinski definition) is 0. The Bertz CT molecular complexity index is 222. The Morgan fingerprint density at radius 3 is 2.80 bits per heavy atom. The van der Waals surface area contributed by atoms with E-state index in [-0.39, 0.29) is 0 Å². The molecule has 2 heteroatoms. The van der Waals surface area contributed by atoms with Gasteiger partial charge in [0.15, 0.2) is 0 Å². The molecule has 1 saturated carbocycles. The molecule has 2 atom stereocenters. The van der Waals surface area contributed by atoms with E-state index in [4.69, 9.17) is 0 Å². The third-order valence-electron chi connectivity index (χ3n) is 1.78. The van der Waals surface area contributed by atoms with Gasteiger partial charge in [0.05, 0.1) is 0 Å². The highest BCUT2D eigenvalue weighted by molar-refractivity contribution is 14.1. The quantitative estimate of drug-likeness (QED) is 0.546. The van der Waals surface area contributed by atoms with Crippen LogP contribution in [-0.4, -0.2) is 8.91 Å². The zero-order chi connectivity index (χ0) is 6.97. The van der Waals surface area contributed by atoms with E-state index < -0.39 is 0 Å². The maximum absolute atomic E-state index is 4.29. The minimum absolute atomic E-state index is 0.752. The van der Waals surface area contributed by atoms with Gasteiger partial charge < -0.3 is 0 Å². The first-order chi connectivity index (χ1) is 4.88. The van der Waals surface area contributed by atoms with E-state index >= 15 is 0 Å². The van der Waals surface area contributed by atoms with E-state index in [0.29, 0.717) is 0 Å². The lowest BCUT2D eigenvalue weighted by Crippen LogP contribution is -1.84. The van der Waals surface area contributed by atoms with Crippen LogP contribution in [0.15, 0.2) is 24.4 Å². The van der Waals surface area contributed by atoms with Gasteiger partial charge in [0.2, 0.25) is 0 Å². The molecule has 0 N–H and O–H groups in total. The van der Waals surface area contributed by atoms with Crippen molar-refractivity contribution in [2.45, 2.75) is 16.3 Å². The monoisotopic (exact) mass is 245 g/mol. The van der Waals surface area contributed by atoms with Crippen molar-refractivity contribution in [3.05, 3.63) is 30.1 Å². The maximum atomic E-state index is 4.29. The molecule has 1 aliphatic rings. The molecule has 1 aromatic heterocycles. The zero-order valence-electron chi connectivity index (χ0n) is 5.50. The highest BCUT2D eigenvalue weighted by Crippen LogP contribution is 2.45. The molecule has 0 aromatic carbocycles. The minimum atomic E-state index is 0.752. The summed E-state index contributed by atoms with van der Waals surface area (Å²) >= 11 is 2.48. The second kappa shape index (κ2) is 2.49. The van der Waals surface area contributed by atoms with Crippen LogP contribution in [0.25, 0.3) is 0 Å². The third kappa shape index (κ3) is 1.17. The zero-order valence-corrected chi connectivity index (χ0v) is 7.65. The van der Waals surface area contributed by atoms with Crippen molar-refractivity contribution in [2.24, 2.45) is 0 Å². The van der Waals surface area contributed by atoms with E-state index in [0.717, 1.165) is 9.84 Å². The normalized spacial score (nSPS) is 30.1. The Morgan fingerprint density at radius 2 is 2.30 bits per heavy atom. The van der Waals surface area contributed by atoms with Crippen LogP contribution in [-0.2, 0) is 0 Å². The first-order valence-electron chi connectivity index (χ1n) is 3.43. The van der Waals surface area contributed by atoms with Crippen LogP contribution in [0.3, 0.4) is 0 Å². The molecule has 1 nitrogen and oxygen atoms in total. The summed E-state index contributed by atoms with van der Waals surface area (Å²) in [5.41, 5.74) is 1.27. The average Bonchev–Trinajstić information content (AvgIpc) is 2.69. The molecule has 1 heterocycles. The molecule has 1 aromatic rings. The fourth-order valence-electron chi connectivity index (χ4n) is 1.07. The van der Waals surface area contributed by atoms with Crippen LogP contribution < -0.4 is 0 Å². The first kappa shape index (κ1) is 6.58. The smallest absolute Gasteiger partial charge is 0.0445 e. The summed E-state index contributed by atoms with van der Waals surface area (Å²) in [6, 6.07) is 6.14. The number of nitrogens with zero attached hydrogens (tertiary/aromatic N) is 1. The van der Waals surface area contributed by atoms with Crippen LogP contribution in [0, 0.1) is 0 Å². The lowest BCUT2D eigenvalue weighted by atomic mass is 10.3. The van der Waals surface area contributed by atoms with Crippen LogP contribution in [0.5, 0.6) is 0 Å². The van der Waals surface area contributed by atoms with Gasteiger partial charge in [-0.15, -0.1) is 0 Å². The first-order valence-corrected chi connectivity index (χ1v) is 4.67. The fraction of sp³-hybridized carbons (Fsp3) is 0.375.